The number of amides is 1. The van der Waals surface area contributed by atoms with E-state index in [9.17, 15) is 9.18 Å². The minimum atomic E-state index is -0.586. The van der Waals surface area contributed by atoms with Gasteiger partial charge in [-0.2, -0.15) is 0 Å². The van der Waals surface area contributed by atoms with E-state index in [1.807, 2.05) is 11.0 Å². The van der Waals surface area contributed by atoms with Crippen LogP contribution in [-0.2, 0) is 10.2 Å². The number of piperazine rings is 1. The Balaban J connectivity index is 1.65. The molecule has 0 atom stereocenters. The summed E-state index contributed by atoms with van der Waals surface area (Å²) in [6.07, 6.45) is 1.55. The summed E-state index contributed by atoms with van der Waals surface area (Å²) in [7, 11) is 0. The Morgan fingerprint density at radius 3 is 2.26 bits per heavy atom. The van der Waals surface area contributed by atoms with Crippen LogP contribution in [0.15, 0.2) is 24.3 Å². The predicted molar refractivity (Wildman–Crippen MR) is 89.8 cm³/mol. The minimum absolute atomic E-state index is 0.123. The number of hydrogen-bond donors (Lipinski definition) is 0. The fraction of sp³-hybridized carbons (Fsp3) is 0.632. The van der Waals surface area contributed by atoms with Gasteiger partial charge in [0.2, 0.25) is 5.91 Å². The van der Waals surface area contributed by atoms with Crippen LogP contribution in [0.3, 0.4) is 0 Å². The maximum absolute atomic E-state index is 14.1. The van der Waals surface area contributed by atoms with Crippen LogP contribution in [0.4, 0.5) is 4.39 Å². The molecule has 1 amide bonds. The van der Waals surface area contributed by atoms with Crippen LogP contribution in [-0.4, -0.2) is 48.4 Å². The molecule has 2 fully saturated rings. The first kappa shape index (κ1) is 16.4. The van der Waals surface area contributed by atoms with Crippen LogP contribution in [0.5, 0.6) is 0 Å². The zero-order valence-corrected chi connectivity index (χ0v) is 14.4. The zero-order chi connectivity index (χ0) is 16.7. The smallest absolute Gasteiger partial charge is 0.233 e. The summed E-state index contributed by atoms with van der Waals surface area (Å²) in [5, 5.41) is 0. The summed E-state index contributed by atoms with van der Waals surface area (Å²) in [5.74, 6) is -0.122. The zero-order valence-electron chi connectivity index (χ0n) is 14.4. The van der Waals surface area contributed by atoms with Crippen molar-refractivity contribution in [3.05, 3.63) is 35.6 Å². The maximum atomic E-state index is 14.1. The number of benzene rings is 1. The van der Waals surface area contributed by atoms with Gasteiger partial charge in [-0.3, -0.25) is 9.69 Å². The van der Waals surface area contributed by atoms with E-state index in [0.717, 1.165) is 45.6 Å². The van der Waals surface area contributed by atoms with Crippen LogP contribution in [0.2, 0.25) is 0 Å². The molecule has 1 aliphatic carbocycles. The van der Waals surface area contributed by atoms with Crippen LogP contribution in [0, 0.1) is 11.2 Å². The Bertz CT molecular complexity index is 581. The summed E-state index contributed by atoms with van der Waals surface area (Å²) < 4.78 is 14.1. The largest absolute Gasteiger partial charge is 0.339 e. The van der Waals surface area contributed by atoms with E-state index in [4.69, 9.17) is 0 Å². The topological polar surface area (TPSA) is 23.6 Å². The predicted octanol–water partition coefficient (Wildman–Crippen LogP) is 3.05. The number of halogens is 1. The van der Waals surface area contributed by atoms with Gasteiger partial charge in [-0.05, 0) is 24.3 Å². The Morgan fingerprint density at radius 2 is 1.74 bits per heavy atom. The molecule has 126 valence electrons. The van der Waals surface area contributed by atoms with E-state index >= 15 is 0 Å². The van der Waals surface area contributed by atoms with Gasteiger partial charge in [0.15, 0.2) is 0 Å². The second kappa shape index (κ2) is 5.90. The number of nitrogens with zero attached hydrogens (tertiary/aromatic N) is 2. The lowest BCUT2D eigenvalue weighted by molar-refractivity contribution is -0.136. The van der Waals surface area contributed by atoms with E-state index < -0.39 is 5.41 Å². The van der Waals surface area contributed by atoms with Gasteiger partial charge in [0.1, 0.15) is 5.82 Å². The summed E-state index contributed by atoms with van der Waals surface area (Å²) in [6.45, 7) is 11.1. The fourth-order valence-electron chi connectivity index (χ4n) is 3.66. The highest BCUT2D eigenvalue weighted by molar-refractivity contribution is 5.91. The van der Waals surface area contributed by atoms with Crippen LogP contribution < -0.4 is 0 Å². The van der Waals surface area contributed by atoms with E-state index in [-0.39, 0.29) is 17.1 Å². The monoisotopic (exact) mass is 318 g/mol. The summed E-state index contributed by atoms with van der Waals surface area (Å²) in [6, 6.07) is 6.75. The molecule has 1 saturated carbocycles. The first-order valence-corrected chi connectivity index (χ1v) is 8.59. The van der Waals surface area contributed by atoms with Crippen LogP contribution in [0.25, 0.3) is 0 Å². The molecule has 2 aliphatic rings. The maximum Gasteiger partial charge on any atom is 0.233 e. The molecule has 0 N–H and O–H groups in total. The summed E-state index contributed by atoms with van der Waals surface area (Å²) in [4.78, 5) is 17.3. The van der Waals surface area contributed by atoms with Crippen molar-refractivity contribution in [2.75, 3.05) is 32.7 Å². The second-order valence-electron chi connectivity index (χ2n) is 8.19. The number of carbonyl (C=O) groups is 1. The molecule has 0 spiro atoms. The van der Waals surface area contributed by atoms with Crippen molar-refractivity contribution < 1.29 is 9.18 Å². The molecule has 1 aromatic rings. The number of rotatable bonds is 3. The van der Waals surface area contributed by atoms with E-state index in [1.165, 1.54) is 6.07 Å². The first-order chi connectivity index (χ1) is 10.8. The first-order valence-electron chi connectivity index (χ1n) is 8.59. The Hall–Kier alpha value is -1.42. The average Bonchev–Trinajstić information content (AvgIpc) is 3.28. The van der Waals surface area contributed by atoms with Gasteiger partial charge >= 0.3 is 0 Å². The molecule has 23 heavy (non-hydrogen) atoms. The van der Waals surface area contributed by atoms with Gasteiger partial charge < -0.3 is 4.90 Å². The Labute approximate surface area is 138 Å². The van der Waals surface area contributed by atoms with Crippen molar-refractivity contribution in [1.82, 2.24) is 9.80 Å². The average molecular weight is 318 g/mol. The van der Waals surface area contributed by atoms with Gasteiger partial charge in [0, 0.05) is 38.3 Å². The lowest BCUT2D eigenvalue weighted by atomic mass is 9.93. The minimum Gasteiger partial charge on any atom is -0.339 e. The molecular weight excluding hydrogens is 291 g/mol. The Morgan fingerprint density at radius 1 is 1.13 bits per heavy atom. The van der Waals surface area contributed by atoms with Crippen molar-refractivity contribution in [3.63, 3.8) is 0 Å². The molecule has 0 radical (unpaired) electrons. The molecule has 3 nitrogen and oxygen atoms in total. The van der Waals surface area contributed by atoms with Gasteiger partial charge in [0.05, 0.1) is 5.41 Å². The van der Waals surface area contributed by atoms with Crippen molar-refractivity contribution >= 4 is 5.91 Å². The van der Waals surface area contributed by atoms with Crippen molar-refractivity contribution in [3.8, 4) is 0 Å². The molecule has 3 rings (SSSR count). The molecule has 1 heterocycles. The standard InChI is InChI=1S/C19H27FN2O/c1-18(2,3)14-21-10-12-22(13-11-21)17(23)19(8-9-19)15-6-4-5-7-16(15)20/h4-7H,8-14H2,1-3H3. The van der Waals surface area contributed by atoms with Gasteiger partial charge in [0.25, 0.3) is 0 Å². The van der Waals surface area contributed by atoms with Crippen LogP contribution in [0.1, 0.15) is 39.2 Å². The van der Waals surface area contributed by atoms with Gasteiger partial charge in [-0.25, -0.2) is 4.39 Å². The third-order valence-electron chi connectivity index (χ3n) is 4.91. The molecule has 0 unspecified atom stereocenters. The Kier molecular flexibility index (Phi) is 4.21. The molecule has 4 heteroatoms. The highest BCUT2D eigenvalue weighted by Crippen LogP contribution is 2.50. The molecular formula is C19H27FN2O. The van der Waals surface area contributed by atoms with E-state index in [0.29, 0.717) is 5.56 Å². The quantitative estimate of drug-likeness (QED) is 0.855. The van der Waals surface area contributed by atoms with Crippen molar-refractivity contribution in [2.45, 2.75) is 39.0 Å². The number of hydrogen-bond acceptors (Lipinski definition) is 2. The summed E-state index contributed by atoms with van der Waals surface area (Å²) >= 11 is 0. The second-order valence-corrected chi connectivity index (χ2v) is 8.19. The lowest BCUT2D eigenvalue weighted by Crippen LogP contribution is -2.52. The molecule has 0 bridgehead atoms. The molecule has 0 aromatic heterocycles. The lowest BCUT2D eigenvalue weighted by Gasteiger charge is -2.39. The van der Waals surface area contributed by atoms with Gasteiger partial charge in [-0.15, -0.1) is 0 Å². The molecule has 1 aliphatic heterocycles. The number of carbonyl (C=O) groups excluding carboxylic acids is 1. The molecule has 1 saturated heterocycles. The van der Waals surface area contributed by atoms with Gasteiger partial charge in [-0.1, -0.05) is 39.0 Å². The van der Waals surface area contributed by atoms with E-state index in [1.54, 1.807) is 12.1 Å². The normalized spacial score (nSPS) is 21.3. The summed E-state index contributed by atoms with van der Waals surface area (Å²) in [5.41, 5.74) is 0.274. The van der Waals surface area contributed by atoms with Crippen molar-refractivity contribution in [2.24, 2.45) is 5.41 Å². The fourth-order valence-corrected chi connectivity index (χ4v) is 3.66. The highest BCUT2D eigenvalue weighted by Gasteiger charge is 2.54. The van der Waals surface area contributed by atoms with Crippen LogP contribution >= 0.6 is 0 Å². The van der Waals surface area contributed by atoms with Crippen molar-refractivity contribution in [1.29, 1.82) is 0 Å². The SMILES string of the molecule is CC(C)(C)CN1CCN(C(=O)C2(c3ccccc3F)CC2)CC1. The highest BCUT2D eigenvalue weighted by atomic mass is 19.1. The van der Waals surface area contributed by atoms with E-state index in [2.05, 4.69) is 25.7 Å². The third kappa shape index (κ3) is 3.42. The third-order valence-corrected chi connectivity index (χ3v) is 4.91. The molecule has 1 aromatic carbocycles.